The van der Waals surface area contributed by atoms with Crippen molar-refractivity contribution in [1.82, 2.24) is 4.98 Å². The van der Waals surface area contributed by atoms with Crippen LogP contribution in [0, 0.1) is 0 Å². The number of hydrogen-bond donors (Lipinski definition) is 0. The lowest BCUT2D eigenvalue weighted by atomic mass is 10.2. The van der Waals surface area contributed by atoms with Gasteiger partial charge >= 0.3 is 5.97 Å². The molecule has 0 saturated heterocycles. The van der Waals surface area contributed by atoms with E-state index >= 15 is 0 Å². The zero-order chi connectivity index (χ0) is 15.6. The summed E-state index contributed by atoms with van der Waals surface area (Å²) in [6.07, 6.45) is 1.48. The van der Waals surface area contributed by atoms with E-state index in [0.29, 0.717) is 5.56 Å². The van der Waals surface area contributed by atoms with Crippen LogP contribution in [-0.4, -0.2) is 26.4 Å². The van der Waals surface area contributed by atoms with Crippen LogP contribution in [0.15, 0.2) is 18.3 Å². The number of pyridine rings is 1. The molecule has 1 unspecified atom stereocenters. The molecule has 0 aromatic carbocycles. The Labute approximate surface area is 122 Å². The zero-order valence-electron chi connectivity index (χ0n) is 13.5. The highest BCUT2D eigenvalue weighted by Crippen LogP contribution is 2.39. The standard InChI is InChI=1S/C15H25NO3Si/c1-11(19-20(6,7)15(2,3)4)13-10-12(8-9-16-13)14(17)18-5/h8-11H,1-7H3. The maximum absolute atomic E-state index is 11.6. The highest BCUT2D eigenvalue weighted by atomic mass is 28.4. The van der Waals surface area contributed by atoms with Gasteiger partial charge in [0.1, 0.15) is 0 Å². The molecule has 0 N–H and O–H groups in total. The predicted octanol–water partition coefficient (Wildman–Crippen LogP) is 3.95. The molecule has 0 aliphatic carbocycles. The van der Waals surface area contributed by atoms with E-state index in [1.807, 2.05) is 6.92 Å². The molecule has 1 heterocycles. The first-order valence-corrected chi connectivity index (χ1v) is 9.71. The Balaban J connectivity index is 2.93. The molecule has 112 valence electrons. The summed E-state index contributed by atoms with van der Waals surface area (Å²) in [6, 6.07) is 3.39. The number of carbonyl (C=O) groups is 1. The summed E-state index contributed by atoms with van der Waals surface area (Å²) in [7, 11) is -0.487. The largest absolute Gasteiger partial charge is 0.465 e. The van der Waals surface area contributed by atoms with Crippen molar-refractivity contribution in [3.63, 3.8) is 0 Å². The van der Waals surface area contributed by atoms with Gasteiger partial charge in [-0.3, -0.25) is 4.98 Å². The number of carbonyl (C=O) groups excluding carboxylic acids is 1. The molecule has 0 aliphatic heterocycles. The molecule has 4 nitrogen and oxygen atoms in total. The summed E-state index contributed by atoms with van der Waals surface area (Å²) in [5.74, 6) is -0.354. The van der Waals surface area contributed by atoms with E-state index in [1.54, 1.807) is 18.3 Å². The van der Waals surface area contributed by atoms with Crippen molar-refractivity contribution in [3.05, 3.63) is 29.6 Å². The molecule has 1 rings (SSSR count). The van der Waals surface area contributed by atoms with Crippen LogP contribution in [-0.2, 0) is 9.16 Å². The summed E-state index contributed by atoms with van der Waals surface area (Å²) < 4.78 is 11.0. The molecule has 1 atom stereocenters. The Morgan fingerprint density at radius 3 is 2.45 bits per heavy atom. The normalized spacial score (nSPS) is 13.9. The number of nitrogens with zero attached hydrogens (tertiary/aromatic N) is 1. The van der Waals surface area contributed by atoms with Gasteiger partial charge in [0.25, 0.3) is 0 Å². The summed E-state index contributed by atoms with van der Waals surface area (Å²) in [5.41, 5.74) is 1.26. The van der Waals surface area contributed by atoms with E-state index < -0.39 is 8.32 Å². The lowest BCUT2D eigenvalue weighted by Crippen LogP contribution is -2.41. The number of methoxy groups -OCH3 is 1. The van der Waals surface area contributed by atoms with Gasteiger partial charge < -0.3 is 9.16 Å². The molecule has 20 heavy (non-hydrogen) atoms. The molecule has 0 amide bonds. The fourth-order valence-electron chi connectivity index (χ4n) is 1.59. The van der Waals surface area contributed by atoms with Gasteiger partial charge in [0.15, 0.2) is 8.32 Å². The number of esters is 1. The highest BCUT2D eigenvalue weighted by molar-refractivity contribution is 6.74. The van der Waals surface area contributed by atoms with Crippen LogP contribution in [0.3, 0.4) is 0 Å². The topological polar surface area (TPSA) is 48.4 Å². The molecule has 0 bridgehead atoms. The van der Waals surface area contributed by atoms with Gasteiger partial charge in [-0.05, 0) is 37.2 Å². The third-order valence-electron chi connectivity index (χ3n) is 3.90. The van der Waals surface area contributed by atoms with Gasteiger partial charge in [0, 0.05) is 6.20 Å². The van der Waals surface area contributed by atoms with Gasteiger partial charge in [-0.1, -0.05) is 20.8 Å². The van der Waals surface area contributed by atoms with E-state index in [0.717, 1.165) is 5.69 Å². The van der Waals surface area contributed by atoms with Gasteiger partial charge in [0.05, 0.1) is 24.5 Å². The fraction of sp³-hybridized carbons (Fsp3) is 0.600. The third-order valence-corrected chi connectivity index (χ3v) is 8.45. The maximum atomic E-state index is 11.6. The first-order chi connectivity index (χ1) is 9.08. The lowest BCUT2D eigenvalue weighted by Gasteiger charge is -2.38. The Kier molecular flexibility index (Phi) is 5.10. The molecule has 0 fully saturated rings. The molecule has 0 radical (unpaired) electrons. The second-order valence-electron chi connectivity index (χ2n) is 6.48. The maximum Gasteiger partial charge on any atom is 0.337 e. The average Bonchev–Trinajstić information content (AvgIpc) is 2.36. The Morgan fingerprint density at radius 1 is 1.35 bits per heavy atom. The van der Waals surface area contributed by atoms with Crippen molar-refractivity contribution in [3.8, 4) is 0 Å². The number of hydrogen-bond acceptors (Lipinski definition) is 4. The van der Waals surface area contributed by atoms with Crippen LogP contribution in [0.5, 0.6) is 0 Å². The first kappa shape index (κ1) is 16.9. The molecule has 0 saturated carbocycles. The van der Waals surface area contributed by atoms with Gasteiger partial charge in [-0.25, -0.2) is 4.79 Å². The minimum absolute atomic E-state index is 0.138. The number of rotatable bonds is 4. The van der Waals surface area contributed by atoms with E-state index in [4.69, 9.17) is 9.16 Å². The van der Waals surface area contributed by atoms with Crippen molar-refractivity contribution in [2.24, 2.45) is 0 Å². The summed E-state index contributed by atoms with van der Waals surface area (Å²) in [5, 5.41) is 0.140. The molecular formula is C15H25NO3Si. The minimum atomic E-state index is -1.86. The smallest absolute Gasteiger partial charge is 0.337 e. The highest BCUT2D eigenvalue weighted by Gasteiger charge is 2.38. The van der Waals surface area contributed by atoms with E-state index in [2.05, 4.69) is 38.8 Å². The van der Waals surface area contributed by atoms with E-state index in [-0.39, 0.29) is 17.1 Å². The van der Waals surface area contributed by atoms with Crippen molar-refractivity contribution >= 4 is 14.3 Å². The van der Waals surface area contributed by atoms with Crippen molar-refractivity contribution in [2.45, 2.75) is 51.9 Å². The van der Waals surface area contributed by atoms with Crippen LogP contribution in [0.1, 0.15) is 49.9 Å². The van der Waals surface area contributed by atoms with E-state index in [1.165, 1.54) is 7.11 Å². The van der Waals surface area contributed by atoms with Crippen LogP contribution >= 0.6 is 0 Å². The quantitative estimate of drug-likeness (QED) is 0.623. The Bertz CT molecular complexity index is 480. The van der Waals surface area contributed by atoms with Gasteiger partial charge in [-0.2, -0.15) is 0 Å². The SMILES string of the molecule is COC(=O)c1ccnc(C(C)O[Si](C)(C)C(C)(C)C)c1. The number of aromatic nitrogens is 1. The van der Waals surface area contributed by atoms with Crippen molar-refractivity contribution < 1.29 is 14.0 Å². The first-order valence-electron chi connectivity index (χ1n) is 6.80. The van der Waals surface area contributed by atoms with Gasteiger partial charge in [0.2, 0.25) is 0 Å². The molecule has 5 heteroatoms. The van der Waals surface area contributed by atoms with Crippen LogP contribution in [0.2, 0.25) is 18.1 Å². The monoisotopic (exact) mass is 295 g/mol. The fourth-order valence-corrected chi connectivity index (χ4v) is 2.95. The van der Waals surface area contributed by atoms with E-state index in [9.17, 15) is 4.79 Å². The van der Waals surface area contributed by atoms with Gasteiger partial charge in [-0.15, -0.1) is 0 Å². The summed E-state index contributed by atoms with van der Waals surface area (Å²) in [4.78, 5) is 15.9. The van der Waals surface area contributed by atoms with Crippen LogP contribution in [0.4, 0.5) is 0 Å². The summed E-state index contributed by atoms with van der Waals surface area (Å²) in [6.45, 7) is 13.0. The van der Waals surface area contributed by atoms with Crippen LogP contribution < -0.4 is 0 Å². The Hall–Kier alpha value is -1.20. The predicted molar refractivity (Wildman–Crippen MR) is 82.3 cm³/mol. The van der Waals surface area contributed by atoms with Crippen molar-refractivity contribution in [1.29, 1.82) is 0 Å². The lowest BCUT2D eigenvalue weighted by molar-refractivity contribution is 0.0600. The minimum Gasteiger partial charge on any atom is -0.465 e. The summed E-state index contributed by atoms with van der Waals surface area (Å²) >= 11 is 0. The Morgan fingerprint density at radius 2 is 1.95 bits per heavy atom. The molecule has 0 spiro atoms. The molecule has 1 aromatic rings. The van der Waals surface area contributed by atoms with Crippen molar-refractivity contribution in [2.75, 3.05) is 7.11 Å². The zero-order valence-corrected chi connectivity index (χ0v) is 14.5. The second kappa shape index (κ2) is 6.05. The third kappa shape index (κ3) is 3.90. The average molecular weight is 295 g/mol. The molecule has 0 aliphatic rings. The molecular weight excluding hydrogens is 270 g/mol. The molecule has 1 aromatic heterocycles. The second-order valence-corrected chi connectivity index (χ2v) is 11.2. The van der Waals surface area contributed by atoms with Crippen LogP contribution in [0.25, 0.3) is 0 Å². The number of ether oxygens (including phenoxy) is 1.